The van der Waals surface area contributed by atoms with Crippen LogP contribution in [0, 0.1) is 12.7 Å². The Hall–Kier alpha value is -2.03. The number of nitrogen functional groups attached to an aromatic ring is 1. The summed E-state index contributed by atoms with van der Waals surface area (Å²) in [4.78, 5) is 0. The molecule has 0 radical (unpaired) electrons. The van der Waals surface area contributed by atoms with Crippen molar-refractivity contribution < 1.29 is 4.39 Å². The lowest BCUT2D eigenvalue weighted by Crippen LogP contribution is -1.92. The summed E-state index contributed by atoms with van der Waals surface area (Å²) in [6, 6.07) is 12.4. The molecule has 0 amide bonds. The van der Waals surface area contributed by atoms with Crippen molar-refractivity contribution in [3.05, 3.63) is 53.8 Å². The van der Waals surface area contributed by atoms with Crippen LogP contribution in [-0.2, 0) is 0 Å². The zero-order valence-electron chi connectivity index (χ0n) is 9.00. The Labute approximate surface area is 93.9 Å². The highest BCUT2D eigenvalue weighted by Crippen LogP contribution is 2.19. The number of nitrogens with two attached hydrogens (primary N) is 1. The van der Waals surface area contributed by atoms with Crippen molar-refractivity contribution in [3.8, 4) is 0 Å². The van der Waals surface area contributed by atoms with E-state index in [1.165, 1.54) is 6.07 Å². The summed E-state index contributed by atoms with van der Waals surface area (Å²) >= 11 is 0. The van der Waals surface area contributed by atoms with Gasteiger partial charge in [0.1, 0.15) is 5.82 Å². The SMILES string of the molecule is Cc1ccc(Nc2ccc(N)cc2)cc1F. The van der Waals surface area contributed by atoms with E-state index in [4.69, 9.17) is 5.73 Å². The van der Waals surface area contributed by atoms with Gasteiger partial charge in [-0.15, -0.1) is 0 Å². The molecule has 2 nitrogen and oxygen atoms in total. The Morgan fingerprint density at radius 1 is 1.00 bits per heavy atom. The molecule has 3 heteroatoms. The maximum absolute atomic E-state index is 13.3. The number of benzene rings is 2. The number of rotatable bonds is 2. The van der Waals surface area contributed by atoms with Crippen molar-refractivity contribution in [2.24, 2.45) is 0 Å². The van der Waals surface area contributed by atoms with E-state index in [1.54, 1.807) is 25.1 Å². The second kappa shape index (κ2) is 4.23. The van der Waals surface area contributed by atoms with Crippen molar-refractivity contribution in [2.75, 3.05) is 11.1 Å². The van der Waals surface area contributed by atoms with E-state index in [0.29, 0.717) is 11.3 Å². The first-order valence-corrected chi connectivity index (χ1v) is 5.04. The van der Waals surface area contributed by atoms with Crippen LogP contribution >= 0.6 is 0 Å². The predicted molar refractivity (Wildman–Crippen MR) is 65.3 cm³/mol. The second-order valence-corrected chi connectivity index (χ2v) is 3.71. The van der Waals surface area contributed by atoms with Crippen molar-refractivity contribution in [1.82, 2.24) is 0 Å². The van der Waals surface area contributed by atoms with Gasteiger partial charge in [-0.1, -0.05) is 6.07 Å². The number of hydrogen-bond acceptors (Lipinski definition) is 2. The third-order valence-corrected chi connectivity index (χ3v) is 2.37. The van der Waals surface area contributed by atoms with Crippen LogP contribution in [0.3, 0.4) is 0 Å². The molecule has 3 N–H and O–H groups in total. The van der Waals surface area contributed by atoms with E-state index in [9.17, 15) is 4.39 Å². The molecule has 0 saturated heterocycles. The summed E-state index contributed by atoms with van der Waals surface area (Å²) in [5.41, 5.74) is 8.54. The van der Waals surface area contributed by atoms with Gasteiger partial charge in [0.25, 0.3) is 0 Å². The molecule has 82 valence electrons. The Bertz CT molecular complexity index is 492. The van der Waals surface area contributed by atoms with Crippen LogP contribution in [0.2, 0.25) is 0 Å². The second-order valence-electron chi connectivity index (χ2n) is 3.71. The topological polar surface area (TPSA) is 38.0 Å². The molecular formula is C13H13FN2. The largest absolute Gasteiger partial charge is 0.399 e. The van der Waals surface area contributed by atoms with Gasteiger partial charge in [-0.25, -0.2) is 4.39 Å². The molecule has 0 fully saturated rings. The smallest absolute Gasteiger partial charge is 0.128 e. The van der Waals surface area contributed by atoms with Crippen molar-refractivity contribution in [2.45, 2.75) is 6.92 Å². The lowest BCUT2D eigenvalue weighted by atomic mass is 10.2. The molecule has 16 heavy (non-hydrogen) atoms. The predicted octanol–water partition coefficient (Wildman–Crippen LogP) is 3.46. The van der Waals surface area contributed by atoms with Gasteiger partial charge < -0.3 is 11.1 Å². The van der Waals surface area contributed by atoms with Crippen LogP contribution in [0.1, 0.15) is 5.56 Å². The summed E-state index contributed by atoms with van der Waals surface area (Å²) < 4.78 is 13.3. The quantitative estimate of drug-likeness (QED) is 0.754. The van der Waals surface area contributed by atoms with Crippen molar-refractivity contribution >= 4 is 17.1 Å². The van der Waals surface area contributed by atoms with Gasteiger partial charge in [0.15, 0.2) is 0 Å². The zero-order chi connectivity index (χ0) is 11.5. The van der Waals surface area contributed by atoms with Gasteiger partial charge in [-0.2, -0.15) is 0 Å². The third-order valence-electron chi connectivity index (χ3n) is 2.37. The highest BCUT2D eigenvalue weighted by atomic mass is 19.1. The van der Waals surface area contributed by atoms with Crippen LogP contribution < -0.4 is 11.1 Å². The standard InChI is InChI=1S/C13H13FN2/c1-9-2-5-12(8-13(9)14)16-11-6-3-10(15)4-7-11/h2-8,16H,15H2,1H3. The van der Waals surface area contributed by atoms with E-state index in [2.05, 4.69) is 5.32 Å². The fourth-order valence-electron chi connectivity index (χ4n) is 1.40. The number of hydrogen-bond donors (Lipinski definition) is 2. The minimum atomic E-state index is -0.208. The van der Waals surface area contributed by atoms with Crippen LogP contribution in [0.5, 0.6) is 0 Å². The molecule has 0 aliphatic rings. The van der Waals surface area contributed by atoms with Gasteiger partial charge in [0.2, 0.25) is 0 Å². The van der Waals surface area contributed by atoms with Crippen LogP contribution in [0.15, 0.2) is 42.5 Å². The van der Waals surface area contributed by atoms with Gasteiger partial charge in [0, 0.05) is 17.1 Å². The van der Waals surface area contributed by atoms with Crippen molar-refractivity contribution in [1.29, 1.82) is 0 Å². The number of nitrogens with one attached hydrogen (secondary N) is 1. The van der Waals surface area contributed by atoms with Gasteiger partial charge in [-0.3, -0.25) is 0 Å². The molecule has 0 bridgehead atoms. The molecule has 0 aliphatic heterocycles. The van der Waals surface area contributed by atoms with E-state index in [-0.39, 0.29) is 5.82 Å². The fourth-order valence-corrected chi connectivity index (χ4v) is 1.40. The minimum Gasteiger partial charge on any atom is -0.399 e. The lowest BCUT2D eigenvalue weighted by Gasteiger charge is -2.07. The zero-order valence-corrected chi connectivity index (χ0v) is 9.00. The maximum atomic E-state index is 13.3. The Morgan fingerprint density at radius 2 is 1.62 bits per heavy atom. The molecule has 2 aromatic rings. The molecule has 0 heterocycles. The van der Waals surface area contributed by atoms with E-state index >= 15 is 0 Å². The van der Waals surface area contributed by atoms with E-state index in [1.807, 2.05) is 18.2 Å². The first-order valence-electron chi connectivity index (χ1n) is 5.04. The van der Waals surface area contributed by atoms with Crippen molar-refractivity contribution in [3.63, 3.8) is 0 Å². The summed E-state index contributed by atoms with van der Waals surface area (Å²) in [6.07, 6.45) is 0. The molecule has 2 aromatic carbocycles. The van der Waals surface area contributed by atoms with Crippen LogP contribution in [0.4, 0.5) is 21.5 Å². The first-order chi connectivity index (χ1) is 7.65. The lowest BCUT2D eigenvalue weighted by molar-refractivity contribution is 0.619. The first kappa shape index (κ1) is 10.5. The molecule has 0 spiro atoms. The fraction of sp³-hybridized carbons (Fsp3) is 0.0769. The average molecular weight is 216 g/mol. The Morgan fingerprint density at radius 3 is 2.25 bits per heavy atom. The molecular weight excluding hydrogens is 203 g/mol. The molecule has 0 saturated carbocycles. The normalized spacial score (nSPS) is 10.1. The molecule has 2 rings (SSSR count). The summed E-state index contributed by atoms with van der Waals surface area (Å²) in [5.74, 6) is -0.208. The minimum absolute atomic E-state index is 0.208. The summed E-state index contributed by atoms with van der Waals surface area (Å²) in [5, 5.41) is 3.10. The molecule has 0 aliphatic carbocycles. The highest BCUT2D eigenvalue weighted by Gasteiger charge is 1.99. The van der Waals surface area contributed by atoms with E-state index in [0.717, 1.165) is 11.4 Å². The Kier molecular flexibility index (Phi) is 2.77. The van der Waals surface area contributed by atoms with Gasteiger partial charge in [-0.05, 0) is 48.9 Å². The third kappa shape index (κ3) is 2.31. The summed E-state index contributed by atoms with van der Waals surface area (Å²) in [7, 11) is 0. The highest BCUT2D eigenvalue weighted by molar-refractivity contribution is 5.62. The monoisotopic (exact) mass is 216 g/mol. The molecule has 0 aromatic heterocycles. The maximum Gasteiger partial charge on any atom is 0.128 e. The number of halogens is 1. The van der Waals surface area contributed by atoms with E-state index < -0.39 is 0 Å². The molecule has 0 unspecified atom stereocenters. The van der Waals surface area contributed by atoms with Gasteiger partial charge in [0.05, 0.1) is 0 Å². The van der Waals surface area contributed by atoms with Crippen LogP contribution in [-0.4, -0.2) is 0 Å². The average Bonchev–Trinajstić information content (AvgIpc) is 2.27. The Balaban J connectivity index is 2.20. The molecule has 0 atom stereocenters. The van der Waals surface area contributed by atoms with Gasteiger partial charge >= 0.3 is 0 Å². The van der Waals surface area contributed by atoms with Crippen LogP contribution in [0.25, 0.3) is 0 Å². The number of aryl methyl sites for hydroxylation is 1. The summed E-state index contributed by atoms with van der Waals surface area (Å²) in [6.45, 7) is 1.74. The number of anilines is 3.